The van der Waals surface area contributed by atoms with Crippen molar-refractivity contribution in [3.63, 3.8) is 0 Å². The quantitative estimate of drug-likeness (QED) is 0.639. The number of aliphatic imine (C=N–C) groups is 1. The van der Waals surface area contributed by atoms with Crippen LogP contribution in [0, 0.1) is 0 Å². The number of fused-ring (bicyclic) bond motifs is 1. The maximum absolute atomic E-state index is 12.5. The predicted molar refractivity (Wildman–Crippen MR) is 104 cm³/mol. The smallest absolute Gasteiger partial charge is 0.246 e. The van der Waals surface area contributed by atoms with Gasteiger partial charge in [-0.25, -0.2) is 0 Å². The van der Waals surface area contributed by atoms with E-state index in [0.29, 0.717) is 12.5 Å². The zero-order valence-corrected chi connectivity index (χ0v) is 15.5. The molecule has 3 rings (SSSR count). The van der Waals surface area contributed by atoms with Gasteiger partial charge in [0.05, 0.1) is 13.1 Å². The Morgan fingerprint density at radius 2 is 2.00 bits per heavy atom. The van der Waals surface area contributed by atoms with Crippen LogP contribution < -0.4 is 15.5 Å². The van der Waals surface area contributed by atoms with Crippen LogP contribution in [-0.4, -0.2) is 32.0 Å². The van der Waals surface area contributed by atoms with Crippen molar-refractivity contribution in [2.24, 2.45) is 4.99 Å². The van der Waals surface area contributed by atoms with Crippen molar-refractivity contribution in [2.45, 2.75) is 26.3 Å². The van der Waals surface area contributed by atoms with Gasteiger partial charge in [0.1, 0.15) is 0 Å². The van der Waals surface area contributed by atoms with Crippen LogP contribution >= 0.6 is 11.3 Å². The molecule has 2 N–H and O–H groups in total. The lowest BCUT2D eigenvalue weighted by Crippen LogP contribution is -2.44. The van der Waals surface area contributed by atoms with Gasteiger partial charge >= 0.3 is 0 Å². The van der Waals surface area contributed by atoms with Gasteiger partial charge in [-0.3, -0.25) is 9.79 Å². The van der Waals surface area contributed by atoms with Crippen LogP contribution in [0.3, 0.4) is 0 Å². The topological polar surface area (TPSA) is 56.7 Å². The zero-order chi connectivity index (χ0) is 17.6. The lowest BCUT2D eigenvalue weighted by Gasteiger charge is -2.18. The Hall–Kier alpha value is -2.34. The Bertz CT molecular complexity index is 768. The Kier molecular flexibility index (Phi) is 5.71. The summed E-state index contributed by atoms with van der Waals surface area (Å²) >= 11 is 1.80. The number of amides is 1. The van der Waals surface area contributed by atoms with Gasteiger partial charge in [-0.15, -0.1) is 11.3 Å². The van der Waals surface area contributed by atoms with Gasteiger partial charge in [0.25, 0.3) is 0 Å². The minimum Gasteiger partial charge on any atom is -0.352 e. The van der Waals surface area contributed by atoms with E-state index in [1.807, 2.05) is 23.1 Å². The van der Waals surface area contributed by atoms with E-state index in [4.69, 9.17) is 0 Å². The highest BCUT2D eigenvalue weighted by Crippen LogP contribution is 2.27. The average molecular weight is 356 g/mol. The van der Waals surface area contributed by atoms with Crippen molar-refractivity contribution >= 4 is 28.9 Å². The fraction of sp³-hybridized carbons (Fsp3) is 0.368. The number of nitrogens with zero attached hydrogens (tertiary/aromatic N) is 2. The molecule has 0 saturated heterocycles. The van der Waals surface area contributed by atoms with Crippen LogP contribution in [0.5, 0.6) is 0 Å². The summed E-state index contributed by atoms with van der Waals surface area (Å²) in [6, 6.07) is 12.4. The summed E-state index contributed by atoms with van der Waals surface area (Å²) in [5.74, 6) is 0.713. The number of para-hydroxylation sites is 1. The molecule has 1 aliphatic rings. The first kappa shape index (κ1) is 17.5. The summed E-state index contributed by atoms with van der Waals surface area (Å²) in [7, 11) is 1.72. The summed E-state index contributed by atoms with van der Waals surface area (Å²) in [5, 5.41) is 6.39. The second kappa shape index (κ2) is 8.16. The SMILES string of the molecule is CCc1ccc(CNC(=NC)NCC(=O)N2CCc3ccccc32)s1. The first-order valence-electron chi connectivity index (χ1n) is 8.61. The molecule has 1 aliphatic heterocycles. The van der Waals surface area contributed by atoms with E-state index in [1.165, 1.54) is 15.3 Å². The molecule has 25 heavy (non-hydrogen) atoms. The number of guanidine groups is 1. The third-order valence-electron chi connectivity index (χ3n) is 4.31. The van der Waals surface area contributed by atoms with Gasteiger partial charge in [0, 0.05) is 29.0 Å². The van der Waals surface area contributed by atoms with E-state index in [1.54, 1.807) is 18.4 Å². The van der Waals surface area contributed by atoms with Crippen molar-refractivity contribution < 1.29 is 4.79 Å². The molecule has 5 nitrogen and oxygen atoms in total. The van der Waals surface area contributed by atoms with E-state index in [0.717, 1.165) is 25.1 Å². The Labute approximate surface area is 152 Å². The van der Waals surface area contributed by atoms with Crippen molar-refractivity contribution in [3.8, 4) is 0 Å². The molecule has 0 unspecified atom stereocenters. The molecule has 0 atom stereocenters. The summed E-state index contributed by atoms with van der Waals surface area (Å²) in [5.41, 5.74) is 2.27. The number of rotatable bonds is 5. The lowest BCUT2D eigenvalue weighted by atomic mass is 10.2. The van der Waals surface area contributed by atoms with Gasteiger partial charge in [-0.1, -0.05) is 25.1 Å². The molecular weight excluding hydrogens is 332 g/mol. The third kappa shape index (κ3) is 4.20. The van der Waals surface area contributed by atoms with Crippen molar-refractivity contribution in [1.29, 1.82) is 0 Å². The number of aryl methyl sites for hydroxylation is 1. The van der Waals surface area contributed by atoms with Gasteiger partial charge < -0.3 is 15.5 Å². The summed E-state index contributed by atoms with van der Waals surface area (Å²) in [6.07, 6.45) is 1.98. The van der Waals surface area contributed by atoms with E-state index < -0.39 is 0 Å². The zero-order valence-electron chi connectivity index (χ0n) is 14.7. The maximum atomic E-state index is 12.5. The molecule has 2 aromatic rings. The van der Waals surface area contributed by atoms with Crippen molar-refractivity contribution in [3.05, 3.63) is 51.7 Å². The number of nitrogens with one attached hydrogen (secondary N) is 2. The van der Waals surface area contributed by atoms with E-state index in [9.17, 15) is 4.79 Å². The van der Waals surface area contributed by atoms with Crippen LogP contribution in [0.4, 0.5) is 5.69 Å². The molecular formula is C19H24N4OS. The van der Waals surface area contributed by atoms with E-state index in [2.05, 4.69) is 40.7 Å². The van der Waals surface area contributed by atoms with Gasteiger partial charge in [-0.05, 0) is 36.6 Å². The molecule has 1 aromatic heterocycles. The average Bonchev–Trinajstić information content (AvgIpc) is 3.28. The van der Waals surface area contributed by atoms with Crippen LogP contribution in [0.2, 0.25) is 0 Å². The molecule has 132 valence electrons. The highest BCUT2D eigenvalue weighted by Gasteiger charge is 2.23. The Morgan fingerprint density at radius 1 is 1.20 bits per heavy atom. The van der Waals surface area contributed by atoms with E-state index in [-0.39, 0.29) is 12.5 Å². The van der Waals surface area contributed by atoms with Crippen molar-refractivity contribution in [1.82, 2.24) is 10.6 Å². The number of anilines is 1. The molecule has 1 amide bonds. The monoisotopic (exact) mass is 356 g/mol. The first-order valence-corrected chi connectivity index (χ1v) is 9.43. The third-order valence-corrected chi connectivity index (χ3v) is 5.54. The largest absolute Gasteiger partial charge is 0.352 e. The number of benzene rings is 1. The minimum absolute atomic E-state index is 0.0669. The molecule has 0 spiro atoms. The van der Waals surface area contributed by atoms with E-state index >= 15 is 0 Å². The van der Waals surface area contributed by atoms with Crippen LogP contribution in [0.25, 0.3) is 0 Å². The number of carbonyl (C=O) groups is 1. The molecule has 0 bridgehead atoms. The highest BCUT2D eigenvalue weighted by atomic mass is 32.1. The normalized spacial score (nSPS) is 13.7. The summed E-state index contributed by atoms with van der Waals surface area (Å²) in [4.78, 5) is 21.2. The number of hydrogen-bond donors (Lipinski definition) is 2. The number of thiophene rings is 1. The standard InChI is InChI=1S/C19H24N4OS/c1-3-15-8-9-16(25-15)12-21-19(20-2)22-13-18(24)23-11-10-14-6-4-5-7-17(14)23/h4-9H,3,10-13H2,1-2H3,(H2,20,21,22). The van der Waals surface area contributed by atoms with Crippen LogP contribution in [-0.2, 0) is 24.2 Å². The highest BCUT2D eigenvalue weighted by molar-refractivity contribution is 7.11. The van der Waals surface area contributed by atoms with Crippen LogP contribution in [0.15, 0.2) is 41.4 Å². The Morgan fingerprint density at radius 3 is 2.76 bits per heavy atom. The fourth-order valence-electron chi connectivity index (χ4n) is 2.95. The van der Waals surface area contributed by atoms with Gasteiger partial charge in [-0.2, -0.15) is 0 Å². The van der Waals surface area contributed by atoms with Crippen molar-refractivity contribution in [2.75, 3.05) is 25.0 Å². The molecule has 1 aromatic carbocycles. The number of carbonyl (C=O) groups excluding carboxylic acids is 1. The molecule has 0 aliphatic carbocycles. The lowest BCUT2D eigenvalue weighted by molar-refractivity contribution is -0.117. The number of hydrogen-bond acceptors (Lipinski definition) is 3. The molecule has 6 heteroatoms. The van der Waals surface area contributed by atoms with Crippen LogP contribution in [0.1, 0.15) is 22.2 Å². The Balaban J connectivity index is 1.50. The summed E-state index contributed by atoms with van der Waals surface area (Å²) < 4.78 is 0. The predicted octanol–water partition coefficient (Wildman–Crippen LogP) is 2.56. The van der Waals surface area contributed by atoms with Gasteiger partial charge in [0.2, 0.25) is 5.91 Å². The molecule has 0 fully saturated rings. The molecule has 0 saturated carbocycles. The minimum atomic E-state index is 0.0669. The molecule has 2 heterocycles. The summed E-state index contributed by atoms with van der Waals surface area (Å²) in [6.45, 7) is 3.86. The van der Waals surface area contributed by atoms with Gasteiger partial charge in [0.15, 0.2) is 5.96 Å². The first-order chi connectivity index (χ1) is 12.2. The maximum Gasteiger partial charge on any atom is 0.246 e. The second-order valence-electron chi connectivity index (χ2n) is 5.92. The second-order valence-corrected chi connectivity index (χ2v) is 7.18. The molecule has 0 radical (unpaired) electrons. The fourth-order valence-corrected chi connectivity index (χ4v) is 3.85.